The van der Waals surface area contributed by atoms with Gasteiger partial charge in [-0.15, -0.1) is 0 Å². The summed E-state index contributed by atoms with van der Waals surface area (Å²) in [6.45, 7) is 8.52. The number of piperidine rings is 1. The van der Waals surface area contributed by atoms with E-state index in [9.17, 15) is 22.8 Å². The van der Waals surface area contributed by atoms with Gasteiger partial charge in [0, 0.05) is 43.6 Å². The Bertz CT molecular complexity index is 1280. The minimum Gasteiger partial charge on any atom is -0.360 e. The number of nitrogens with zero attached hydrogens (tertiary/aromatic N) is 3. The van der Waals surface area contributed by atoms with E-state index in [0.717, 1.165) is 31.0 Å². The van der Waals surface area contributed by atoms with Gasteiger partial charge in [-0.25, -0.2) is 0 Å². The molecule has 0 aliphatic carbocycles. The summed E-state index contributed by atoms with van der Waals surface area (Å²) in [6.07, 6.45) is 0.666. The zero-order chi connectivity index (χ0) is 27.6. The Morgan fingerprint density at radius 3 is 2.37 bits per heavy atom. The number of anilines is 1. The number of amides is 2. The average Bonchev–Trinajstić information content (AvgIpc) is 3.49. The van der Waals surface area contributed by atoms with E-state index in [-0.39, 0.29) is 17.9 Å². The van der Waals surface area contributed by atoms with Gasteiger partial charge in [-0.05, 0) is 63.6 Å². The van der Waals surface area contributed by atoms with Gasteiger partial charge in [0.15, 0.2) is 0 Å². The lowest BCUT2D eigenvalue weighted by molar-refractivity contribution is -0.137. The molecular formula is C28H33F3N4O3. The molecule has 2 amide bonds. The maximum Gasteiger partial charge on any atom is 0.418 e. The number of rotatable bonds is 7. The van der Waals surface area contributed by atoms with Crippen LogP contribution in [-0.4, -0.2) is 39.5 Å². The summed E-state index contributed by atoms with van der Waals surface area (Å²) in [7, 11) is 0. The van der Waals surface area contributed by atoms with Crippen molar-refractivity contribution in [1.82, 2.24) is 14.6 Å². The second-order valence-electron chi connectivity index (χ2n) is 10.1. The van der Waals surface area contributed by atoms with Crippen molar-refractivity contribution in [1.29, 1.82) is 0 Å². The van der Waals surface area contributed by atoms with E-state index < -0.39 is 23.2 Å². The smallest absolute Gasteiger partial charge is 0.360 e. The van der Waals surface area contributed by atoms with E-state index in [1.54, 1.807) is 32.9 Å². The Morgan fingerprint density at radius 2 is 1.79 bits per heavy atom. The lowest BCUT2D eigenvalue weighted by atomic mass is 9.89. The first-order valence-electron chi connectivity index (χ1n) is 12.9. The van der Waals surface area contributed by atoms with Gasteiger partial charge in [0.2, 0.25) is 0 Å². The molecule has 2 aromatic heterocycles. The van der Waals surface area contributed by atoms with Crippen molar-refractivity contribution < 1.29 is 27.3 Å². The molecule has 38 heavy (non-hydrogen) atoms. The molecule has 3 heterocycles. The molecule has 0 radical (unpaired) electrons. The molecule has 0 spiro atoms. The molecule has 0 bridgehead atoms. The van der Waals surface area contributed by atoms with Crippen molar-refractivity contribution in [2.24, 2.45) is 0 Å². The highest BCUT2D eigenvalue weighted by Crippen LogP contribution is 2.34. The minimum absolute atomic E-state index is 0.0479. The van der Waals surface area contributed by atoms with Crippen molar-refractivity contribution >= 4 is 17.5 Å². The maximum absolute atomic E-state index is 13.5. The van der Waals surface area contributed by atoms with Gasteiger partial charge < -0.3 is 19.3 Å². The average molecular weight is 531 g/mol. The lowest BCUT2D eigenvalue weighted by Gasteiger charge is -2.32. The Hall–Kier alpha value is -3.56. The largest absolute Gasteiger partial charge is 0.418 e. The number of carbonyl (C=O) groups is 2. The number of nitrogens with one attached hydrogen (secondary N) is 1. The van der Waals surface area contributed by atoms with Crippen LogP contribution < -0.4 is 5.32 Å². The van der Waals surface area contributed by atoms with Crippen molar-refractivity contribution in [3.8, 4) is 0 Å². The number of aromatic nitrogens is 2. The molecule has 1 aliphatic rings. The first-order valence-corrected chi connectivity index (χ1v) is 12.9. The fraction of sp³-hybridized carbons (Fsp3) is 0.464. The molecular weight excluding hydrogens is 497 g/mol. The molecule has 0 saturated carbocycles. The van der Waals surface area contributed by atoms with Crippen LogP contribution in [0.2, 0.25) is 0 Å². The zero-order valence-electron chi connectivity index (χ0n) is 22.1. The fourth-order valence-corrected chi connectivity index (χ4v) is 4.88. The molecule has 1 saturated heterocycles. The predicted octanol–water partition coefficient (Wildman–Crippen LogP) is 6.61. The fourth-order valence-electron chi connectivity index (χ4n) is 4.88. The molecule has 204 valence electrons. The van der Waals surface area contributed by atoms with E-state index in [0.29, 0.717) is 42.2 Å². The van der Waals surface area contributed by atoms with Gasteiger partial charge in [0.1, 0.15) is 11.3 Å². The summed E-state index contributed by atoms with van der Waals surface area (Å²) in [5, 5.41) is 6.57. The number of halogens is 3. The monoisotopic (exact) mass is 530 g/mol. The number of alkyl halides is 3. The van der Waals surface area contributed by atoms with Crippen molar-refractivity contribution in [2.45, 2.75) is 71.5 Å². The Balaban J connectivity index is 1.39. The highest BCUT2D eigenvalue weighted by molar-refractivity contribution is 6.05. The maximum atomic E-state index is 13.5. The molecule has 0 atom stereocenters. The molecule has 0 unspecified atom stereocenters. The van der Waals surface area contributed by atoms with Crippen molar-refractivity contribution in [3.05, 3.63) is 70.4 Å². The van der Waals surface area contributed by atoms with Crippen LogP contribution in [0.15, 0.2) is 41.2 Å². The first kappa shape index (κ1) is 27.5. The van der Waals surface area contributed by atoms with Crippen LogP contribution in [0.4, 0.5) is 18.9 Å². The predicted molar refractivity (Wildman–Crippen MR) is 137 cm³/mol. The highest BCUT2D eigenvalue weighted by atomic mass is 19.4. The molecule has 7 nitrogen and oxygen atoms in total. The van der Waals surface area contributed by atoms with Gasteiger partial charge in [-0.2, -0.15) is 13.2 Å². The van der Waals surface area contributed by atoms with E-state index >= 15 is 0 Å². The third kappa shape index (κ3) is 5.79. The number of aryl methyl sites for hydroxylation is 2. The van der Waals surface area contributed by atoms with Crippen LogP contribution in [0.3, 0.4) is 0 Å². The molecule has 4 rings (SSSR count). The van der Waals surface area contributed by atoms with E-state index in [1.807, 2.05) is 24.0 Å². The molecule has 10 heteroatoms. The van der Waals surface area contributed by atoms with Crippen LogP contribution in [0.1, 0.15) is 95.3 Å². The third-order valence-corrected chi connectivity index (χ3v) is 7.04. The SMILES string of the molecule is CCCc1onc(C)c1C(=O)N1CCC(c2ccc(NC(=O)c3cn(C(C)C)cc3C(F)(F)F)cc2)CC1. The van der Waals surface area contributed by atoms with Gasteiger partial charge in [0.25, 0.3) is 11.8 Å². The van der Waals surface area contributed by atoms with E-state index in [1.165, 1.54) is 10.8 Å². The standard InChI is InChI=1S/C28H33F3N4O3/c1-5-6-24-25(18(4)33-38-24)27(37)34-13-11-20(12-14-34)19-7-9-21(10-8-19)32-26(36)22-15-35(17(2)3)16-23(22)28(29,30)31/h7-10,15-17,20H,5-6,11-14H2,1-4H3,(H,32,36). The van der Waals surface area contributed by atoms with E-state index in [2.05, 4.69) is 10.5 Å². The molecule has 1 aliphatic heterocycles. The summed E-state index contributed by atoms with van der Waals surface area (Å²) >= 11 is 0. The van der Waals surface area contributed by atoms with Crippen LogP contribution in [0.25, 0.3) is 0 Å². The summed E-state index contributed by atoms with van der Waals surface area (Å²) in [6, 6.07) is 6.96. The number of hydrogen-bond donors (Lipinski definition) is 1. The summed E-state index contributed by atoms with van der Waals surface area (Å²) in [5.74, 6) is 0.0216. The van der Waals surface area contributed by atoms with Gasteiger partial charge in [-0.3, -0.25) is 9.59 Å². The quantitative estimate of drug-likeness (QED) is 0.373. The lowest BCUT2D eigenvalue weighted by Crippen LogP contribution is -2.38. The van der Waals surface area contributed by atoms with Gasteiger partial charge in [0.05, 0.1) is 16.8 Å². The number of benzene rings is 1. The van der Waals surface area contributed by atoms with Crippen LogP contribution >= 0.6 is 0 Å². The molecule has 3 aromatic rings. The van der Waals surface area contributed by atoms with E-state index in [4.69, 9.17) is 4.52 Å². The molecule has 1 fully saturated rings. The van der Waals surface area contributed by atoms with Crippen molar-refractivity contribution in [3.63, 3.8) is 0 Å². The minimum atomic E-state index is -4.63. The third-order valence-electron chi connectivity index (χ3n) is 7.04. The summed E-state index contributed by atoms with van der Waals surface area (Å²) < 4.78 is 47.2. The summed E-state index contributed by atoms with van der Waals surface area (Å²) in [5.41, 5.74) is 1.31. The summed E-state index contributed by atoms with van der Waals surface area (Å²) in [4.78, 5) is 27.7. The normalized spacial score (nSPS) is 14.8. The van der Waals surface area contributed by atoms with Gasteiger partial charge >= 0.3 is 6.18 Å². The Labute approximate surface area is 220 Å². The molecule has 1 aromatic carbocycles. The molecule has 1 N–H and O–H groups in total. The number of hydrogen-bond acceptors (Lipinski definition) is 4. The van der Waals surface area contributed by atoms with Gasteiger partial charge in [-0.1, -0.05) is 24.2 Å². The topological polar surface area (TPSA) is 80.4 Å². The Morgan fingerprint density at radius 1 is 1.13 bits per heavy atom. The number of carbonyl (C=O) groups excluding carboxylic acids is 2. The Kier molecular flexibility index (Phi) is 7.99. The highest BCUT2D eigenvalue weighted by Gasteiger charge is 2.37. The second-order valence-corrected chi connectivity index (χ2v) is 10.1. The second kappa shape index (κ2) is 11.0. The van der Waals surface area contributed by atoms with Crippen LogP contribution in [0.5, 0.6) is 0 Å². The zero-order valence-corrected chi connectivity index (χ0v) is 22.1. The van der Waals surface area contributed by atoms with Crippen LogP contribution in [0, 0.1) is 6.92 Å². The first-order chi connectivity index (χ1) is 18.0. The number of likely N-dealkylation sites (tertiary alicyclic amines) is 1. The van der Waals surface area contributed by atoms with Crippen LogP contribution in [-0.2, 0) is 12.6 Å². The van der Waals surface area contributed by atoms with Crippen molar-refractivity contribution in [2.75, 3.05) is 18.4 Å².